The Hall–Kier alpha value is -1.31. The Morgan fingerprint density at radius 1 is 1.30 bits per heavy atom. The number of hydrogen-bond donors (Lipinski definition) is 3. The van der Waals surface area contributed by atoms with Gasteiger partial charge >= 0.3 is 0 Å². The molecule has 0 bridgehead atoms. The molecular weight excluding hydrogens is 276 g/mol. The van der Waals surface area contributed by atoms with Crippen LogP contribution in [0.4, 0.5) is 11.4 Å². The number of nitrogens with zero attached hydrogens (tertiary/aromatic N) is 1. The number of hydrogen-bond acceptors (Lipinski definition) is 5. The average Bonchev–Trinajstić information content (AvgIpc) is 2.36. The Balaban J connectivity index is 2.92. The van der Waals surface area contributed by atoms with Crippen molar-refractivity contribution in [1.29, 1.82) is 0 Å². The van der Waals surface area contributed by atoms with Gasteiger partial charge in [0.25, 0.3) is 0 Å². The predicted molar refractivity (Wildman–Crippen MR) is 83.1 cm³/mol. The van der Waals surface area contributed by atoms with Gasteiger partial charge in [-0.3, -0.25) is 0 Å². The van der Waals surface area contributed by atoms with Crippen molar-refractivity contribution in [3.05, 3.63) is 18.2 Å². The first-order valence-corrected chi connectivity index (χ1v) is 8.23. The fourth-order valence-electron chi connectivity index (χ4n) is 2.07. The maximum absolute atomic E-state index is 11.6. The van der Waals surface area contributed by atoms with Crippen molar-refractivity contribution < 1.29 is 8.42 Å². The third kappa shape index (κ3) is 4.66. The van der Waals surface area contributed by atoms with Crippen molar-refractivity contribution in [2.24, 2.45) is 5.14 Å². The van der Waals surface area contributed by atoms with Crippen LogP contribution >= 0.6 is 0 Å². The lowest BCUT2D eigenvalue weighted by molar-refractivity contribution is 0.294. The highest BCUT2D eigenvalue weighted by atomic mass is 32.2. The summed E-state index contributed by atoms with van der Waals surface area (Å²) in [5, 5.41) is 8.41. The van der Waals surface area contributed by atoms with Crippen LogP contribution in [0.5, 0.6) is 0 Å². The lowest BCUT2D eigenvalue weighted by atomic mass is 10.2. The second-order valence-electron chi connectivity index (χ2n) is 4.83. The van der Waals surface area contributed by atoms with Gasteiger partial charge in [0.2, 0.25) is 10.0 Å². The lowest BCUT2D eigenvalue weighted by Crippen LogP contribution is -2.35. The van der Waals surface area contributed by atoms with Crippen LogP contribution in [0, 0.1) is 0 Å². The third-order valence-corrected chi connectivity index (χ3v) is 4.09. The summed E-state index contributed by atoms with van der Waals surface area (Å²) in [6, 6.07) is 4.77. The molecule has 0 saturated carbocycles. The van der Waals surface area contributed by atoms with Crippen molar-refractivity contribution in [3.8, 4) is 0 Å². The molecule has 1 atom stereocenters. The van der Waals surface area contributed by atoms with Gasteiger partial charge in [0.1, 0.15) is 4.90 Å². The van der Waals surface area contributed by atoms with Gasteiger partial charge in [-0.2, -0.15) is 0 Å². The van der Waals surface area contributed by atoms with Gasteiger partial charge < -0.3 is 16.0 Å². The molecule has 0 heterocycles. The molecule has 0 aliphatic heterocycles. The molecule has 0 saturated heterocycles. The molecule has 20 heavy (non-hydrogen) atoms. The first kappa shape index (κ1) is 16.7. The third-order valence-electron chi connectivity index (χ3n) is 3.14. The minimum absolute atomic E-state index is 0.0314. The van der Waals surface area contributed by atoms with Gasteiger partial charge in [0.05, 0.1) is 5.69 Å². The van der Waals surface area contributed by atoms with Crippen LogP contribution in [0.3, 0.4) is 0 Å². The summed E-state index contributed by atoms with van der Waals surface area (Å²) in [4.78, 5) is 2.29. The van der Waals surface area contributed by atoms with E-state index in [1.807, 2.05) is 6.92 Å². The van der Waals surface area contributed by atoms with E-state index in [4.69, 9.17) is 10.9 Å². The highest BCUT2D eigenvalue weighted by Gasteiger charge is 2.16. The summed E-state index contributed by atoms with van der Waals surface area (Å²) >= 11 is 0. The summed E-state index contributed by atoms with van der Waals surface area (Å²) in [5.41, 5.74) is 6.48. The van der Waals surface area contributed by atoms with Gasteiger partial charge in [-0.1, -0.05) is 13.8 Å². The van der Waals surface area contributed by atoms with Gasteiger partial charge in [-0.05, 0) is 38.2 Å². The molecule has 114 valence electrons. The number of primary sulfonamides is 1. The SMILES string of the molecule is CCN(CC)CC(C)Nc1ccc(N)cc1S(N)(=O)=O. The second kappa shape index (κ2) is 6.92. The van der Waals surface area contributed by atoms with E-state index in [9.17, 15) is 8.42 Å². The maximum Gasteiger partial charge on any atom is 0.240 e. The molecule has 7 heteroatoms. The van der Waals surface area contributed by atoms with Crippen molar-refractivity contribution in [2.45, 2.75) is 31.7 Å². The van der Waals surface area contributed by atoms with Crippen LogP contribution in [0.15, 0.2) is 23.1 Å². The molecule has 0 radical (unpaired) electrons. The lowest BCUT2D eigenvalue weighted by Gasteiger charge is -2.24. The number of nitrogens with one attached hydrogen (secondary N) is 1. The number of nitrogens with two attached hydrogens (primary N) is 2. The summed E-state index contributed by atoms with van der Waals surface area (Å²) in [6.07, 6.45) is 0. The Morgan fingerprint density at radius 2 is 1.90 bits per heavy atom. The molecule has 0 fully saturated rings. The summed E-state index contributed by atoms with van der Waals surface area (Å²) < 4.78 is 23.2. The van der Waals surface area contributed by atoms with Gasteiger partial charge in [0.15, 0.2) is 0 Å². The average molecular weight is 300 g/mol. The van der Waals surface area contributed by atoms with E-state index in [-0.39, 0.29) is 10.9 Å². The van der Waals surface area contributed by atoms with E-state index in [0.29, 0.717) is 11.4 Å². The number of sulfonamides is 1. The standard InChI is InChI=1S/C13H24N4O2S/c1-4-17(5-2)9-10(3)16-12-7-6-11(14)8-13(12)20(15,18)19/h6-8,10,16H,4-5,9,14H2,1-3H3,(H2,15,18,19). The van der Waals surface area contributed by atoms with Crippen LogP contribution < -0.4 is 16.2 Å². The zero-order valence-corrected chi connectivity index (χ0v) is 13.1. The smallest absolute Gasteiger partial charge is 0.240 e. The molecule has 0 aliphatic carbocycles. The molecule has 0 aliphatic rings. The minimum atomic E-state index is -3.80. The van der Waals surface area contributed by atoms with Crippen molar-refractivity contribution in [1.82, 2.24) is 4.90 Å². The van der Waals surface area contributed by atoms with Gasteiger partial charge in [-0.25, -0.2) is 13.6 Å². The van der Waals surface area contributed by atoms with Crippen LogP contribution in [0.1, 0.15) is 20.8 Å². The highest BCUT2D eigenvalue weighted by Crippen LogP contribution is 2.23. The summed E-state index contributed by atoms with van der Waals surface area (Å²) in [6.45, 7) is 8.91. The molecular formula is C13H24N4O2S. The van der Waals surface area contributed by atoms with E-state index >= 15 is 0 Å². The van der Waals surface area contributed by atoms with E-state index in [0.717, 1.165) is 19.6 Å². The monoisotopic (exact) mass is 300 g/mol. The Morgan fingerprint density at radius 3 is 2.40 bits per heavy atom. The zero-order chi connectivity index (χ0) is 15.3. The quantitative estimate of drug-likeness (QED) is 0.654. The minimum Gasteiger partial charge on any atom is -0.399 e. The molecule has 1 aromatic rings. The van der Waals surface area contributed by atoms with E-state index in [1.165, 1.54) is 6.07 Å². The number of nitrogen functional groups attached to an aromatic ring is 1. The maximum atomic E-state index is 11.6. The Labute approximate surface area is 121 Å². The normalized spacial score (nSPS) is 13.4. The largest absolute Gasteiger partial charge is 0.399 e. The number of anilines is 2. The van der Waals surface area contributed by atoms with Crippen molar-refractivity contribution in [2.75, 3.05) is 30.7 Å². The van der Waals surface area contributed by atoms with Crippen LogP contribution in [-0.4, -0.2) is 39.0 Å². The first-order valence-electron chi connectivity index (χ1n) is 6.69. The fraction of sp³-hybridized carbons (Fsp3) is 0.538. The molecule has 0 amide bonds. The molecule has 1 aromatic carbocycles. The van der Waals surface area contributed by atoms with Gasteiger partial charge in [0, 0.05) is 18.3 Å². The highest BCUT2D eigenvalue weighted by molar-refractivity contribution is 7.89. The fourth-order valence-corrected chi connectivity index (χ4v) is 2.81. The molecule has 6 nitrogen and oxygen atoms in total. The zero-order valence-electron chi connectivity index (χ0n) is 12.3. The summed E-state index contributed by atoms with van der Waals surface area (Å²) in [5.74, 6) is 0. The first-order chi connectivity index (χ1) is 9.27. The molecule has 0 aromatic heterocycles. The van der Waals surface area contributed by atoms with Crippen molar-refractivity contribution in [3.63, 3.8) is 0 Å². The number of likely N-dealkylation sites (N-methyl/N-ethyl adjacent to an activating group) is 1. The molecule has 5 N–H and O–H groups in total. The number of rotatable bonds is 7. The Kier molecular flexibility index (Phi) is 5.79. The van der Waals surface area contributed by atoms with Crippen LogP contribution in [0.25, 0.3) is 0 Å². The van der Waals surface area contributed by atoms with E-state index in [1.54, 1.807) is 12.1 Å². The van der Waals surface area contributed by atoms with E-state index in [2.05, 4.69) is 24.1 Å². The molecule has 1 rings (SSSR count). The Bertz CT molecular complexity index is 541. The van der Waals surface area contributed by atoms with Gasteiger partial charge in [-0.15, -0.1) is 0 Å². The topological polar surface area (TPSA) is 101 Å². The van der Waals surface area contributed by atoms with Crippen LogP contribution in [0.2, 0.25) is 0 Å². The van der Waals surface area contributed by atoms with Crippen molar-refractivity contribution >= 4 is 21.4 Å². The van der Waals surface area contributed by atoms with Crippen LogP contribution in [-0.2, 0) is 10.0 Å². The number of benzene rings is 1. The summed E-state index contributed by atoms with van der Waals surface area (Å²) in [7, 11) is -3.80. The molecule has 0 spiro atoms. The second-order valence-corrected chi connectivity index (χ2v) is 6.36. The molecule has 1 unspecified atom stereocenters. The predicted octanol–water partition coefficient (Wildman–Crippen LogP) is 1.06. The van der Waals surface area contributed by atoms with E-state index < -0.39 is 10.0 Å².